The van der Waals surface area contributed by atoms with E-state index in [4.69, 9.17) is 0 Å². The maximum atomic E-state index is 12.4. The molecular formula is C23H24N8O. The Balaban J connectivity index is 1.23. The summed E-state index contributed by atoms with van der Waals surface area (Å²) in [5, 5.41) is 13.7. The van der Waals surface area contributed by atoms with Gasteiger partial charge < -0.3 is 10.6 Å². The summed E-state index contributed by atoms with van der Waals surface area (Å²) in [5.74, 6) is 1.61. The summed E-state index contributed by atoms with van der Waals surface area (Å²) in [7, 11) is 0. The van der Waals surface area contributed by atoms with E-state index >= 15 is 0 Å². The highest BCUT2D eigenvalue weighted by Gasteiger charge is 2.25. The first-order valence-electron chi connectivity index (χ1n) is 10.6. The Kier molecular flexibility index (Phi) is 5.37. The predicted octanol–water partition coefficient (Wildman–Crippen LogP) is 3.17. The van der Waals surface area contributed by atoms with Crippen molar-refractivity contribution in [1.82, 2.24) is 29.7 Å². The van der Waals surface area contributed by atoms with Crippen LogP contribution in [0.4, 0.5) is 11.6 Å². The van der Waals surface area contributed by atoms with Gasteiger partial charge in [-0.3, -0.25) is 19.4 Å². The molecule has 9 nitrogen and oxygen atoms in total. The number of hydrogen-bond donors (Lipinski definition) is 3. The Bertz CT molecular complexity index is 1230. The third kappa shape index (κ3) is 4.36. The van der Waals surface area contributed by atoms with Crippen molar-refractivity contribution in [3.05, 3.63) is 77.5 Å². The lowest BCUT2D eigenvalue weighted by atomic mass is 10.1. The predicted molar refractivity (Wildman–Crippen MR) is 123 cm³/mol. The van der Waals surface area contributed by atoms with E-state index in [1.165, 1.54) is 0 Å². The molecule has 1 aliphatic rings. The lowest BCUT2D eigenvalue weighted by Crippen LogP contribution is -2.22. The topological polar surface area (TPSA) is 113 Å². The van der Waals surface area contributed by atoms with Crippen molar-refractivity contribution in [2.75, 3.05) is 10.6 Å². The zero-order chi connectivity index (χ0) is 21.9. The molecule has 0 amide bonds. The minimum atomic E-state index is -0.108. The van der Waals surface area contributed by atoms with Crippen LogP contribution in [-0.2, 0) is 0 Å². The zero-order valence-corrected chi connectivity index (χ0v) is 17.7. The van der Waals surface area contributed by atoms with E-state index in [-0.39, 0.29) is 5.56 Å². The van der Waals surface area contributed by atoms with Gasteiger partial charge in [0, 0.05) is 41.7 Å². The van der Waals surface area contributed by atoms with Crippen LogP contribution in [0.2, 0.25) is 0 Å². The van der Waals surface area contributed by atoms with Crippen LogP contribution in [0.5, 0.6) is 0 Å². The molecule has 3 N–H and O–H groups in total. The number of nitrogens with zero attached hydrogens (tertiary/aromatic N) is 5. The minimum Gasteiger partial charge on any atom is -0.367 e. The molecule has 5 rings (SSSR count). The molecule has 32 heavy (non-hydrogen) atoms. The third-order valence-corrected chi connectivity index (χ3v) is 5.69. The summed E-state index contributed by atoms with van der Waals surface area (Å²) in [6.07, 6.45) is 13.7. The van der Waals surface area contributed by atoms with Gasteiger partial charge in [0.25, 0.3) is 5.56 Å². The zero-order valence-electron chi connectivity index (χ0n) is 17.7. The lowest BCUT2D eigenvalue weighted by molar-refractivity contribution is 0.719. The Morgan fingerprint density at radius 2 is 1.72 bits per heavy atom. The largest absolute Gasteiger partial charge is 0.367 e. The Hall–Kier alpha value is -4.01. The quantitative estimate of drug-likeness (QED) is 0.432. The molecule has 1 fully saturated rings. The van der Waals surface area contributed by atoms with Crippen LogP contribution < -0.4 is 16.2 Å². The molecular weight excluding hydrogens is 404 g/mol. The van der Waals surface area contributed by atoms with Gasteiger partial charge in [0.2, 0.25) is 0 Å². The summed E-state index contributed by atoms with van der Waals surface area (Å²) in [6, 6.07) is 7.85. The number of aryl methyl sites for hydroxylation is 1. The van der Waals surface area contributed by atoms with E-state index in [1.54, 1.807) is 53.9 Å². The number of hydrogen-bond acceptors (Lipinski definition) is 7. The summed E-state index contributed by atoms with van der Waals surface area (Å²) in [4.78, 5) is 25.6. The van der Waals surface area contributed by atoms with Gasteiger partial charge in [0.05, 0.1) is 36.2 Å². The van der Waals surface area contributed by atoms with Crippen LogP contribution in [0.25, 0.3) is 16.8 Å². The Morgan fingerprint density at radius 1 is 0.906 bits per heavy atom. The van der Waals surface area contributed by atoms with Crippen LogP contribution in [0, 0.1) is 6.92 Å². The Labute approximate surface area is 185 Å². The van der Waals surface area contributed by atoms with Crippen molar-refractivity contribution in [3.8, 4) is 16.8 Å². The molecule has 2 atom stereocenters. The second kappa shape index (κ2) is 8.62. The van der Waals surface area contributed by atoms with Gasteiger partial charge in [-0.15, -0.1) is 0 Å². The standard InChI is InChI=1S/C23H24N8O/c1-15-9-25-22(13-24-15)30-19-4-3-18(8-19)29-21-6-5-20(12-26-21)31-14-16(2-7-23(31)32)17-10-27-28-11-17/h2,5-7,9-14,18-19H,3-4,8H2,1H3,(H,25,30)(H,26,29)(H,27,28)/t18-,19-/m0/s1. The smallest absolute Gasteiger partial charge is 0.255 e. The summed E-state index contributed by atoms with van der Waals surface area (Å²) < 4.78 is 1.59. The molecule has 162 valence electrons. The van der Waals surface area contributed by atoms with Crippen molar-refractivity contribution in [3.63, 3.8) is 0 Å². The molecule has 4 aromatic heterocycles. The maximum Gasteiger partial charge on any atom is 0.255 e. The molecule has 0 unspecified atom stereocenters. The first kappa shape index (κ1) is 19.9. The first-order chi connectivity index (χ1) is 15.6. The molecule has 0 spiro atoms. The van der Waals surface area contributed by atoms with Crippen LogP contribution in [-0.4, -0.2) is 41.8 Å². The first-order valence-corrected chi connectivity index (χ1v) is 10.6. The molecule has 1 aliphatic carbocycles. The lowest BCUT2D eigenvalue weighted by Gasteiger charge is -2.16. The molecule has 0 bridgehead atoms. The van der Waals surface area contributed by atoms with Gasteiger partial charge in [0.15, 0.2) is 0 Å². The second-order valence-corrected chi connectivity index (χ2v) is 8.05. The molecule has 4 heterocycles. The second-order valence-electron chi connectivity index (χ2n) is 8.05. The number of H-pyrrole nitrogens is 1. The van der Waals surface area contributed by atoms with Crippen LogP contribution in [0.1, 0.15) is 25.0 Å². The summed E-state index contributed by atoms with van der Waals surface area (Å²) in [6.45, 7) is 1.93. The van der Waals surface area contributed by atoms with Crippen molar-refractivity contribution < 1.29 is 0 Å². The molecule has 4 aromatic rings. The molecule has 1 saturated carbocycles. The molecule has 0 radical (unpaired) electrons. The average molecular weight is 429 g/mol. The number of anilines is 2. The maximum absolute atomic E-state index is 12.4. The van der Waals surface area contributed by atoms with Gasteiger partial charge in [-0.1, -0.05) is 0 Å². The fourth-order valence-corrected chi connectivity index (χ4v) is 4.01. The Morgan fingerprint density at radius 3 is 2.41 bits per heavy atom. The van der Waals surface area contributed by atoms with E-state index in [0.717, 1.165) is 53.4 Å². The summed E-state index contributed by atoms with van der Waals surface area (Å²) in [5.41, 5.74) is 3.35. The van der Waals surface area contributed by atoms with Crippen LogP contribution in [0.3, 0.4) is 0 Å². The van der Waals surface area contributed by atoms with E-state index in [9.17, 15) is 4.79 Å². The SMILES string of the molecule is Cc1cnc(N[C@H]2CC[C@H](Nc3ccc(-n4cc(-c5cn[nH]c5)ccc4=O)cn3)C2)cn1. The molecule has 0 aliphatic heterocycles. The molecule has 9 heteroatoms. The number of aromatic nitrogens is 6. The fraction of sp³-hybridized carbons (Fsp3) is 0.261. The monoisotopic (exact) mass is 428 g/mol. The fourth-order valence-electron chi connectivity index (χ4n) is 4.01. The molecule has 0 aromatic carbocycles. The summed E-state index contributed by atoms with van der Waals surface area (Å²) >= 11 is 0. The van der Waals surface area contributed by atoms with E-state index in [0.29, 0.717) is 12.1 Å². The number of pyridine rings is 2. The normalized spacial score (nSPS) is 17.9. The van der Waals surface area contributed by atoms with Crippen LogP contribution in [0.15, 0.2) is 66.2 Å². The highest BCUT2D eigenvalue weighted by molar-refractivity contribution is 5.61. The minimum absolute atomic E-state index is 0.108. The van der Waals surface area contributed by atoms with E-state index in [2.05, 4.69) is 35.8 Å². The number of nitrogens with one attached hydrogen (secondary N) is 3. The number of rotatable bonds is 6. The van der Waals surface area contributed by atoms with Gasteiger partial charge in [-0.2, -0.15) is 5.10 Å². The van der Waals surface area contributed by atoms with Crippen LogP contribution >= 0.6 is 0 Å². The third-order valence-electron chi connectivity index (χ3n) is 5.69. The van der Waals surface area contributed by atoms with Crippen molar-refractivity contribution >= 4 is 11.6 Å². The van der Waals surface area contributed by atoms with Crippen molar-refractivity contribution in [2.45, 2.75) is 38.3 Å². The van der Waals surface area contributed by atoms with Gasteiger partial charge >= 0.3 is 0 Å². The highest BCUT2D eigenvalue weighted by atomic mass is 16.1. The van der Waals surface area contributed by atoms with Crippen molar-refractivity contribution in [2.24, 2.45) is 0 Å². The number of aromatic amines is 1. The highest BCUT2D eigenvalue weighted by Crippen LogP contribution is 2.25. The van der Waals surface area contributed by atoms with Gasteiger partial charge in [-0.25, -0.2) is 9.97 Å². The van der Waals surface area contributed by atoms with Crippen molar-refractivity contribution in [1.29, 1.82) is 0 Å². The van der Waals surface area contributed by atoms with E-state index in [1.807, 2.05) is 19.1 Å². The van der Waals surface area contributed by atoms with Gasteiger partial charge in [0.1, 0.15) is 11.6 Å². The van der Waals surface area contributed by atoms with E-state index < -0.39 is 0 Å². The van der Waals surface area contributed by atoms with Gasteiger partial charge in [-0.05, 0) is 44.4 Å². The molecule has 0 saturated heterocycles. The average Bonchev–Trinajstić information content (AvgIpc) is 3.49.